The van der Waals surface area contributed by atoms with Gasteiger partial charge in [-0.1, -0.05) is 0 Å². The van der Waals surface area contributed by atoms with Crippen molar-refractivity contribution < 1.29 is 19.1 Å². The zero-order valence-corrected chi connectivity index (χ0v) is 11.9. The third-order valence-corrected chi connectivity index (χ3v) is 2.81. The number of hydrogen-bond acceptors (Lipinski definition) is 7. The number of rotatable bonds is 6. The number of carbonyl (C=O) groups is 2. The van der Waals surface area contributed by atoms with Crippen molar-refractivity contribution in [2.75, 3.05) is 18.5 Å². The van der Waals surface area contributed by atoms with Crippen LogP contribution in [0, 0.1) is 6.92 Å². The van der Waals surface area contributed by atoms with Crippen molar-refractivity contribution >= 4 is 28.3 Å². The molecule has 0 aliphatic rings. The van der Waals surface area contributed by atoms with E-state index >= 15 is 0 Å². The van der Waals surface area contributed by atoms with E-state index in [1.54, 1.807) is 20.0 Å². The number of anilines is 1. The van der Waals surface area contributed by atoms with Gasteiger partial charge in [0.05, 0.1) is 24.4 Å². The predicted octanol–water partition coefficient (Wildman–Crippen LogP) is 1.87. The van der Waals surface area contributed by atoms with Crippen molar-refractivity contribution in [1.29, 1.82) is 0 Å². The van der Waals surface area contributed by atoms with Gasteiger partial charge in [0.15, 0.2) is 5.57 Å². The van der Waals surface area contributed by atoms with Gasteiger partial charge in [-0.05, 0) is 20.8 Å². The molecule has 1 aromatic rings. The van der Waals surface area contributed by atoms with Crippen molar-refractivity contribution in [2.45, 2.75) is 20.8 Å². The molecular formula is C12H16N2O4S. The summed E-state index contributed by atoms with van der Waals surface area (Å²) in [5.41, 5.74) is -0.172. The van der Waals surface area contributed by atoms with Crippen LogP contribution in [0.2, 0.25) is 0 Å². The number of aryl methyl sites for hydroxylation is 1. The molecular weight excluding hydrogens is 268 g/mol. The summed E-state index contributed by atoms with van der Waals surface area (Å²) in [6, 6.07) is 0. The lowest BCUT2D eigenvalue weighted by molar-refractivity contribution is -0.146. The van der Waals surface area contributed by atoms with E-state index in [0.717, 1.165) is 10.0 Å². The maximum absolute atomic E-state index is 11.6. The highest BCUT2D eigenvalue weighted by Gasteiger charge is 2.20. The van der Waals surface area contributed by atoms with Crippen LogP contribution in [0.3, 0.4) is 0 Å². The van der Waals surface area contributed by atoms with Gasteiger partial charge in [0, 0.05) is 6.20 Å². The summed E-state index contributed by atoms with van der Waals surface area (Å²) in [4.78, 5) is 27.3. The Bertz CT molecular complexity index is 462. The molecule has 1 rings (SSSR count). The summed E-state index contributed by atoms with van der Waals surface area (Å²) < 4.78 is 9.61. The average Bonchev–Trinajstić information content (AvgIpc) is 2.76. The Kier molecular flexibility index (Phi) is 6.01. The fourth-order valence-electron chi connectivity index (χ4n) is 1.19. The molecule has 0 saturated carbocycles. The highest BCUT2D eigenvalue weighted by Crippen LogP contribution is 2.18. The van der Waals surface area contributed by atoms with Gasteiger partial charge >= 0.3 is 11.9 Å². The third-order valence-electron chi connectivity index (χ3n) is 1.97. The summed E-state index contributed by atoms with van der Waals surface area (Å²) >= 11 is 1.41. The molecule has 0 bridgehead atoms. The minimum absolute atomic E-state index is 0.172. The van der Waals surface area contributed by atoms with Gasteiger partial charge in [0.1, 0.15) is 5.00 Å². The molecule has 0 unspecified atom stereocenters. The first-order valence-corrected chi connectivity index (χ1v) is 6.63. The van der Waals surface area contributed by atoms with Gasteiger partial charge in [-0.25, -0.2) is 14.6 Å². The van der Waals surface area contributed by atoms with Crippen LogP contribution >= 0.6 is 11.3 Å². The standard InChI is InChI=1S/C12H16N2O4S/c1-4-17-11(15)9(12(16)18-5-2)6-14-10-7-13-8(3)19-10/h6-7,14H,4-5H2,1-3H3. The third kappa shape index (κ3) is 4.70. The summed E-state index contributed by atoms with van der Waals surface area (Å²) in [6.45, 7) is 5.57. The largest absolute Gasteiger partial charge is 0.462 e. The minimum Gasteiger partial charge on any atom is -0.462 e. The van der Waals surface area contributed by atoms with Crippen molar-refractivity contribution in [2.24, 2.45) is 0 Å². The van der Waals surface area contributed by atoms with Gasteiger partial charge < -0.3 is 14.8 Å². The summed E-state index contributed by atoms with van der Waals surface area (Å²) in [5.74, 6) is -1.43. The zero-order chi connectivity index (χ0) is 14.3. The number of esters is 2. The number of hydrogen-bond donors (Lipinski definition) is 1. The smallest absolute Gasteiger partial charge is 0.347 e. The average molecular weight is 284 g/mol. The number of ether oxygens (including phenoxy) is 2. The number of nitrogens with one attached hydrogen (secondary N) is 1. The lowest BCUT2D eigenvalue weighted by atomic mass is 10.3. The van der Waals surface area contributed by atoms with Crippen LogP contribution in [0.1, 0.15) is 18.9 Å². The van der Waals surface area contributed by atoms with E-state index in [2.05, 4.69) is 10.3 Å². The molecule has 1 aromatic heterocycles. The quantitative estimate of drug-likeness (QED) is 0.372. The topological polar surface area (TPSA) is 77.5 Å². The number of thiazole rings is 1. The van der Waals surface area contributed by atoms with Crippen molar-refractivity contribution in [3.8, 4) is 0 Å². The normalized spacial score (nSPS) is 9.63. The first kappa shape index (κ1) is 15.2. The van der Waals surface area contributed by atoms with E-state index in [1.807, 2.05) is 6.92 Å². The maximum atomic E-state index is 11.6. The van der Waals surface area contributed by atoms with Crippen LogP contribution in [0.25, 0.3) is 0 Å². The van der Waals surface area contributed by atoms with Crippen LogP contribution < -0.4 is 5.32 Å². The molecule has 0 spiro atoms. The Morgan fingerprint density at radius 3 is 2.32 bits per heavy atom. The second-order valence-electron chi connectivity index (χ2n) is 3.39. The van der Waals surface area contributed by atoms with Gasteiger partial charge in [-0.2, -0.15) is 0 Å². The first-order valence-electron chi connectivity index (χ1n) is 5.81. The lowest BCUT2D eigenvalue weighted by Crippen LogP contribution is -2.19. The van der Waals surface area contributed by atoms with E-state index < -0.39 is 11.9 Å². The predicted molar refractivity (Wildman–Crippen MR) is 71.8 cm³/mol. The summed E-state index contributed by atoms with van der Waals surface area (Å²) in [6.07, 6.45) is 2.90. The van der Waals surface area contributed by atoms with Crippen LogP contribution in [0.15, 0.2) is 18.0 Å². The molecule has 0 fully saturated rings. The van der Waals surface area contributed by atoms with Crippen molar-refractivity contribution in [3.63, 3.8) is 0 Å². The van der Waals surface area contributed by atoms with E-state index in [4.69, 9.17) is 9.47 Å². The number of carbonyl (C=O) groups excluding carboxylic acids is 2. The number of aromatic nitrogens is 1. The second-order valence-corrected chi connectivity index (χ2v) is 4.62. The number of nitrogens with zero attached hydrogens (tertiary/aromatic N) is 1. The van der Waals surface area contributed by atoms with Crippen molar-refractivity contribution in [3.05, 3.63) is 23.0 Å². The van der Waals surface area contributed by atoms with Crippen LogP contribution in [-0.4, -0.2) is 30.1 Å². The molecule has 0 amide bonds. The molecule has 0 radical (unpaired) electrons. The monoisotopic (exact) mass is 284 g/mol. The molecule has 7 heteroatoms. The van der Waals surface area contributed by atoms with Gasteiger partial charge in [0.25, 0.3) is 0 Å². The molecule has 6 nitrogen and oxygen atoms in total. The summed E-state index contributed by atoms with van der Waals surface area (Å²) in [7, 11) is 0. The van der Waals surface area contributed by atoms with Gasteiger partial charge in [0.2, 0.25) is 0 Å². The lowest BCUT2D eigenvalue weighted by Gasteiger charge is -2.06. The molecule has 1 heterocycles. The Balaban J connectivity index is 2.82. The molecule has 0 aromatic carbocycles. The first-order chi connectivity index (χ1) is 9.08. The Hall–Kier alpha value is -1.89. The van der Waals surface area contributed by atoms with E-state index in [1.165, 1.54) is 17.5 Å². The van der Waals surface area contributed by atoms with Crippen LogP contribution in [0.5, 0.6) is 0 Å². The van der Waals surface area contributed by atoms with E-state index in [9.17, 15) is 9.59 Å². The molecule has 0 atom stereocenters. The minimum atomic E-state index is -0.713. The van der Waals surface area contributed by atoms with E-state index in [0.29, 0.717) is 0 Å². The maximum Gasteiger partial charge on any atom is 0.347 e. The highest BCUT2D eigenvalue weighted by molar-refractivity contribution is 7.15. The Labute approximate surface area is 115 Å². The fraction of sp³-hybridized carbons (Fsp3) is 0.417. The summed E-state index contributed by atoms with van der Waals surface area (Å²) in [5, 5.41) is 4.44. The molecule has 0 aliphatic heterocycles. The van der Waals surface area contributed by atoms with Crippen LogP contribution in [0.4, 0.5) is 5.00 Å². The second kappa shape index (κ2) is 7.52. The van der Waals surface area contributed by atoms with E-state index in [-0.39, 0.29) is 18.8 Å². The van der Waals surface area contributed by atoms with Crippen LogP contribution in [-0.2, 0) is 19.1 Å². The Morgan fingerprint density at radius 2 is 1.89 bits per heavy atom. The fourth-order valence-corrected chi connectivity index (χ4v) is 1.84. The molecule has 0 saturated heterocycles. The SMILES string of the molecule is CCOC(=O)C(=CNc1cnc(C)s1)C(=O)OCC. The van der Waals surface area contributed by atoms with Gasteiger partial charge in [-0.15, -0.1) is 11.3 Å². The molecule has 19 heavy (non-hydrogen) atoms. The molecule has 0 aliphatic carbocycles. The molecule has 104 valence electrons. The Morgan fingerprint density at radius 1 is 1.32 bits per heavy atom. The highest BCUT2D eigenvalue weighted by atomic mass is 32.1. The van der Waals surface area contributed by atoms with Crippen molar-refractivity contribution in [1.82, 2.24) is 4.98 Å². The van der Waals surface area contributed by atoms with Gasteiger partial charge in [-0.3, -0.25) is 0 Å². The molecule has 1 N–H and O–H groups in total. The zero-order valence-electron chi connectivity index (χ0n) is 11.1.